The van der Waals surface area contributed by atoms with Gasteiger partial charge in [0, 0.05) is 50.5 Å². The molecule has 16 nitrogen and oxygen atoms in total. The van der Waals surface area contributed by atoms with Crippen LogP contribution in [0.4, 0.5) is 0 Å². The molecular formula is C45H44N2O14. The van der Waals surface area contributed by atoms with E-state index in [0.29, 0.717) is 52.0 Å². The molecule has 0 aliphatic carbocycles. The lowest BCUT2D eigenvalue weighted by atomic mass is 10.0. The number of methoxy groups -OCH3 is 6. The second-order valence-electron chi connectivity index (χ2n) is 13.9. The molecule has 0 aromatic heterocycles. The lowest BCUT2D eigenvalue weighted by Gasteiger charge is -2.50. The number of fused-ring (bicyclic) bond motifs is 1. The number of hydrogen-bond donors (Lipinski definition) is 0. The molecule has 3 heterocycles. The molecule has 0 unspecified atom stereocenters. The third-order valence-corrected chi connectivity index (χ3v) is 10.4. The van der Waals surface area contributed by atoms with Crippen LogP contribution in [0.1, 0.15) is 17.5 Å². The summed E-state index contributed by atoms with van der Waals surface area (Å²) < 4.78 is 57.4. The fraction of sp³-hybridized carbons (Fsp3) is 0.289. The number of esters is 4. The van der Waals surface area contributed by atoms with Crippen molar-refractivity contribution < 1.29 is 66.5 Å². The minimum atomic E-state index is -2.65. The summed E-state index contributed by atoms with van der Waals surface area (Å²) in [6.45, 7) is 0.182. The van der Waals surface area contributed by atoms with Crippen LogP contribution in [0, 0.1) is 0 Å². The van der Waals surface area contributed by atoms with Crippen molar-refractivity contribution >= 4 is 23.9 Å². The predicted octanol–water partition coefficient (Wildman–Crippen LogP) is 5.40. The van der Waals surface area contributed by atoms with Gasteiger partial charge in [0.1, 0.15) is 0 Å². The topological polar surface area (TPSA) is 167 Å². The maximum atomic E-state index is 13.5. The van der Waals surface area contributed by atoms with E-state index in [1.807, 2.05) is 72.8 Å². The molecule has 1 fully saturated rings. The standard InChI is InChI=1S/C45H44N2O14/c1-52-34-22-32(23-35(53-2)42(34)56-5)30-12-8-28(9-13-30)26-46-20-7-21-47(27-29-10-14-31(15-11-29)33-24-36(54-3)43(57-6)37(25-33)55-4)45(60-40(50)18-19-41(51)61-45)44(46)58-38(48)16-17-39(49)59-44/h8-19,22-25H,7,20-21,26-27H2,1-6H3. The van der Waals surface area contributed by atoms with Gasteiger partial charge in [0.2, 0.25) is 11.5 Å². The molecule has 0 radical (unpaired) electrons. The molecule has 0 saturated carbocycles. The summed E-state index contributed by atoms with van der Waals surface area (Å²) in [5.74, 6) is -6.52. The highest BCUT2D eigenvalue weighted by Crippen LogP contribution is 2.46. The molecule has 3 aliphatic rings. The Hall–Kier alpha value is -7.04. The zero-order chi connectivity index (χ0) is 43.3. The van der Waals surface area contributed by atoms with Crippen LogP contribution < -0.4 is 28.4 Å². The molecule has 0 amide bonds. The van der Waals surface area contributed by atoms with Gasteiger partial charge in [0.15, 0.2) is 23.0 Å². The van der Waals surface area contributed by atoms with Gasteiger partial charge in [-0.1, -0.05) is 48.5 Å². The van der Waals surface area contributed by atoms with E-state index in [-0.39, 0.29) is 26.2 Å². The molecule has 61 heavy (non-hydrogen) atoms. The molecule has 3 aliphatic heterocycles. The van der Waals surface area contributed by atoms with Gasteiger partial charge >= 0.3 is 35.7 Å². The third-order valence-electron chi connectivity index (χ3n) is 10.4. The van der Waals surface area contributed by atoms with E-state index in [1.165, 1.54) is 52.5 Å². The molecule has 2 spiro atoms. The van der Waals surface area contributed by atoms with E-state index in [4.69, 9.17) is 47.4 Å². The monoisotopic (exact) mass is 836 g/mol. The van der Waals surface area contributed by atoms with Crippen molar-refractivity contribution in [3.8, 4) is 56.8 Å². The summed E-state index contributed by atoms with van der Waals surface area (Å²) in [7, 11) is 9.19. The first kappa shape index (κ1) is 42.1. The molecule has 0 N–H and O–H groups in total. The summed E-state index contributed by atoms with van der Waals surface area (Å²) in [5, 5.41) is 0. The number of carbonyl (C=O) groups is 4. The van der Waals surface area contributed by atoms with Crippen LogP contribution in [0.25, 0.3) is 22.3 Å². The Bertz CT molecular complexity index is 2120. The first-order valence-corrected chi connectivity index (χ1v) is 19.1. The number of nitrogens with zero attached hydrogens (tertiary/aromatic N) is 2. The fourth-order valence-electron chi connectivity index (χ4n) is 7.57. The van der Waals surface area contributed by atoms with Gasteiger partial charge in [-0.15, -0.1) is 0 Å². The number of rotatable bonds is 12. The van der Waals surface area contributed by atoms with Crippen molar-refractivity contribution in [1.29, 1.82) is 0 Å². The summed E-state index contributed by atoms with van der Waals surface area (Å²) in [4.78, 5) is 56.9. The van der Waals surface area contributed by atoms with Crippen molar-refractivity contribution in [2.24, 2.45) is 0 Å². The summed E-state index contributed by atoms with van der Waals surface area (Å²) in [6.07, 6.45) is 3.92. The third kappa shape index (κ3) is 8.14. The highest BCUT2D eigenvalue weighted by molar-refractivity contribution is 5.95. The smallest absolute Gasteiger partial charge is 0.420 e. The van der Waals surface area contributed by atoms with E-state index in [0.717, 1.165) is 46.6 Å². The van der Waals surface area contributed by atoms with Gasteiger partial charge in [-0.25, -0.2) is 29.0 Å². The number of hydrogen-bond acceptors (Lipinski definition) is 16. The largest absolute Gasteiger partial charge is 0.493 e. The lowest BCUT2D eigenvalue weighted by Crippen LogP contribution is -2.75. The maximum Gasteiger partial charge on any atom is 0.420 e. The highest BCUT2D eigenvalue weighted by atomic mass is 16.8. The average Bonchev–Trinajstić information content (AvgIpc) is 3.59. The molecule has 318 valence electrons. The van der Waals surface area contributed by atoms with Gasteiger partial charge in [-0.05, 0) is 64.1 Å². The van der Waals surface area contributed by atoms with Crippen LogP contribution >= 0.6 is 0 Å². The van der Waals surface area contributed by atoms with Gasteiger partial charge in [0.05, 0.1) is 42.7 Å². The Morgan fingerprint density at radius 1 is 0.443 bits per heavy atom. The summed E-state index contributed by atoms with van der Waals surface area (Å²) in [6, 6.07) is 22.1. The summed E-state index contributed by atoms with van der Waals surface area (Å²) >= 11 is 0. The van der Waals surface area contributed by atoms with Crippen molar-refractivity contribution in [1.82, 2.24) is 9.80 Å². The van der Waals surface area contributed by atoms with Gasteiger partial charge in [-0.2, -0.15) is 0 Å². The van der Waals surface area contributed by atoms with Crippen LogP contribution in [0.5, 0.6) is 34.5 Å². The molecule has 1 saturated heterocycles. The molecular weight excluding hydrogens is 792 g/mol. The molecule has 4 aromatic rings. The zero-order valence-corrected chi connectivity index (χ0v) is 34.4. The highest BCUT2D eigenvalue weighted by Gasteiger charge is 2.73. The summed E-state index contributed by atoms with van der Waals surface area (Å²) in [5.41, 5.74) is 4.52. The van der Waals surface area contributed by atoms with E-state index in [2.05, 4.69) is 0 Å². The molecule has 0 atom stereocenters. The normalized spacial score (nSPS) is 17.3. The predicted molar refractivity (Wildman–Crippen MR) is 217 cm³/mol. The van der Waals surface area contributed by atoms with E-state index in [1.54, 1.807) is 0 Å². The fourth-order valence-corrected chi connectivity index (χ4v) is 7.57. The van der Waals surface area contributed by atoms with Crippen molar-refractivity contribution in [3.05, 3.63) is 108 Å². The van der Waals surface area contributed by atoms with E-state index >= 15 is 0 Å². The Morgan fingerprint density at radius 2 is 0.738 bits per heavy atom. The van der Waals surface area contributed by atoms with Gasteiger partial charge in [-0.3, -0.25) is 0 Å². The van der Waals surface area contributed by atoms with E-state index < -0.39 is 35.7 Å². The lowest BCUT2D eigenvalue weighted by molar-refractivity contribution is -0.445. The van der Waals surface area contributed by atoms with Gasteiger partial charge in [0.25, 0.3) is 0 Å². The van der Waals surface area contributed by atoms with E-state index in [9.17, 15) is 19.2 Å². The first-order chi connectivity index (χ1) is 29.5. The Morgan fingerprint density at radius 3 is 1.00 bits per heavy atom. The maximum absolute atomic E-state index is 13.5. The molecule has 0 bridgehead atoms. The van der Waals surface area contributed by atoms with Crippen LogP contribution in [-0.2, 0) is 51.2 Å². The van der Waals surface area contributed by atoms with Crippen LogP contribution in [0.15, 0.2) is 97.1 Å². The Labute approximate surface area is 351 Å². The first-order valence-electron chi connectivity index (χ1n) is 19.1. The van der Waals surface area contributed by atoms with Crippen LogP contribution in [0.3, 0.4) is 0 Å². The molecule has 4 aromatic carbocycles. The van der Waals surface area contributed by atoms with Crippen molar-refractivity contribution in [2.45, 2.75) is 31.3 Å². The minimum absolute atomic E-state index is 0.0301. The molecule has 7 rings (SSSR count). The van der Waals surface area contributed by atoms with Gasteiger partial charge < -0.3 is 47.4 Å². The quantitative estimate of drug-likeness (QED) is 0.166. The number of ether oxygens (including phenoxy) is 10. The molecule has 16 heteroatoms. The second kappa shape index (κ2) is 17.7. The second-order valence-corrected chi connectivity index (χ2v) is 13.9. The Kier molecular flexibility index (Phi) is 12.2. The average molecular weight is 837 g/mol. The van der Waals surface area contributed by atoms with Crippen molar-refractivity contribution in [3.63, 3.8) is 0 Å². The zero-order valence-electron chi connectivity index (χ0n) is 34.4. The van der Waals surface area contributed by atoms with Crippen molar-refractivity contribution in [2.75, 3.05) is 55.7 Å². The number of benzene rings is 4. The Balaban J connectivity index is 1.27. The van der Waals surface area contributed by atoms with Crippen LogP contribution in [-0.4, -0.2) is 101 Å². The van der Waals surface area contributed by atoms with Crippen LogP contribution in [0.2, 0.25) is 0 Å². The SMILES string of the molecule is COc1cc(-c2ccc(CN3CCCN(Cc4ccc(-c5cc(OC)c(OC)c(OC)c5)cc4)C4(OC(=O)C=CC(=O)O4)C34OC(=O)C=CC(=O)O4)cc2)cc(OC)c1OC. The minimum Gasteiger partial charge on any atom is -0.493 e. The number of carbonyl (C=O) groups excluding carboxylic acids is 4.